The number of amides is 2. The molecule has 1 aromatic rings. The molecule has 0 aliphatic carbocycles. The summed E-state index contributed by atoms with van der Waals surface area (Å²) in [6.07, 6.45) is 1.11. The van der Waals surface area contributed by atoms with Crippen molar-refractivity contribution in [2.45, 2.75) is 19.8 Å². The zero-order valence-electron chi connectivity index (χ0n) is 10.5. The largest absolute Gasteiger partial charge is 0.352 e. The topological polar surface area (TPSA) is 84.2 Å². The summed E-state index contributed by atoms with van der Waals surface area (Å²) in [6, 6.07) is 6.92. The fraction of sp³-hybridized carbons (Fsp3) is 0.385. The Kier molecular flexibility index (Phi) is 5.87. The lowest BCUT2D eigenvalue weighted by Crippen LogP contribution is -2.26. The Morgan fingerprint density at radius 1 is 1.28 bits per heavy atom. The predicted octanol–water partition coefficient (Wildman–Crippen LogP) is 1.11. The quantitative estimate of drug-likeness (QED) is 0.706. The minimum atomic E-state index is -0.187. The number of carbonyl (C=O) groups is 2. The Bertz CT molecular complexity index is 418. The molecule has 5 nitrogen and oxygen atoms in total. The molecular weight excluding hydrogens is 230 g/mol. The first kappa shape index (κ1) is 14.2. The van der Waals surface area contributed by atoms with Crippen LogP contribution in [0.1, 0.15) is 30.1 Å². The van der Waals surface area contributed by atoms with Crippen LogP contribution in [0.25, 0.3) is 0 Å². The second-order valence-electron chi connectivity index (χ2n) is 3.89. The van der Waals surface area contributed by atoms with Gasteiger partial charge in [-0.1, -0.05) is 19.1 Å². The van der Waals surface area contributed by atoms with Gasteiger partial charge in [-0.05, 0) is 18.6 Å². The molecule has 2 amide bonds. The molecule has 0 aliphatic rings. The van der Waals surface area contributed by atoms with Crippen molar-refractivity contribution < 1.29 is 9.59 Å². The third-order valence-electron chi connectivity index (χ3n) is 2.35. The first-order valence-corrected chi connectivity index (χ1v) is 6.06. The monoisotopic (exact) mass is 249 g/mol. The van der Waals surface area contributed by atoms with E-state index in [4.69, 9.17) is 5.73 Å². The first-order chi connectivity index (χ1) is 8.69. The Morgan fingerprint density at radius 3 is 2.67 bits per heavy atom. The molecule has 1 aromatic carbocycles. The summed E-state index contributed by atoms with van der Waals surface area (Å²) >= 11 is 0. The van der Waals surface area contributed by atoms with Crippen LogP contribution in [0, 0.1) is 0 Å². The van der Waals surface area contributed by atoms with Crippen molar-refractivity contribution in [1.29, 1.82) is 0 Å². The van der Waals surface area contributed by atoms with Crippen molar-refractivity contribution in [2.24, 2.45) is 5.73 Å². The van der Waals surface area contributed by atoms with E-state index in [1.807, 2.05) is 6.92 Å². The van der Waals surface area contributed by atoms with Gasteiger partial charge in [0.25, 0.3) is 5.91 Å². The van der Waals surface area contributed by atoms with Gasteiger partial charge in [-0.25, -0.2) is 0 Å². The fourth-order valence-corrected chi connectivity index (χ4v) is 1.47. The van der Waals surface area contributed by atoms with Crippen LogP contribution >= 0.6 is 0 Å². The van der Waals surface area contributed by atoms with Gasteiger partial charge in [-0.2, -0.15) is 0 Å². The highest BCUT2D eigenvalue weighted by atomic mass is 16.2. The maximum Gasteiger partial charge on any atom is 0.253 e. The van der Waals surface area contributed by atoms with Crippen LogP contribution in [0.15, 0.2) is 24.3 Å². The smallest absolute Gasteiger partial charge is 0.253 e. The van der Waals surface area contributed by atoms with E-state index in [9.17, 15) is 9.59 Å². The van der Waals surface area contributed by atoms with E-state index < -0.39 is 0 Å². The standard InChI is InChI=1S/C13H19N3O2/c1-2-9-15-13(18)10-5-3-4-6-11(10)16-12(17)7-8-14/h3-6H,2,7-9,14H2,1H3,(H,15,18)(H,16,17). The van der Waals surface area contributed by atoms with E-state index in [0.29, 0.717) is 17.8 Å². The summed E-state index contributed by atoms with van der Waals surface area (Å²) in [5, 5.41) is 5.47. The molecule has 0 saturated carbocycles. The van der Waals surface area contributed by atoms with Crippen molar-refractivity contribution >= 4 is 17.5 Å². The maximum atomic E-state index is 11.9. The molecule has 1 rings (SSSR count). The van der Waals surface area contributed by atoms with Crippen LogP contribution in [0.2, 0.25) is 0 Å². The molecule has 0 spiro atoms. The summed E-state index contributed by atoms with van der Waals surface area (Å²) in [5.41, 5.74) is 6.29. The summed E-state index contributed by atoms with van der Waals surface area (Å²) in [4.78, 5) is 23.4. The minimum absolute atomic E-state index is 0.180. The molecule has 0 unspecified atom stereocenters. The molecule has 4 N–H and O–H groups in total. The lowest BCUT2D eigenvalue weighted by atomic mass is 10.1. The molecule has 0 radical (unpaired) electrons. The lowest BCUT2D eigenvalue weighted by Gasteiger charge is -2.10. The molecule has 0 aliphatic heterocycles. The van der Waals surface area contributed by atoms with Crippen LogP contribution in [0.5, 0.6) is 0 Å². The summed E-state index contributed by atoms with van der Waals surface area (Å²) in [5.74, 6) is -0.367. The van der Waals surface area contributed by atoms with E-state index in [1.165, 1.54) is 0 Å². The highest BCUT2D eigenvalue weighted by Crippen LogP contribution is 2.15. The van der Waals surface area contributed by atoms with Gasteiger partial charge < -0.3 is 16.4 Å². The molecular formula is C13H19N3O2. The SMILES string of the molecule is CCCNC(=O)c1ccccc1NC(=O)CCN. The molecule has 5 heteroatoms. The minimum Gasteiger partial charge on any atom is -0.352 e. The third kappa shape index (κ3) is 4.18. The van der Waals surface area contributed by atoms with Crippen molar-refractivity contribution in [2.75, 3.05) is 18.4 Å². The molecule has 0 atom stereocenters. The van der Waals surface area contributed by atoms with E-state index in [2.05, 4.69) is 10.6 Å². The van der Waals surface area contributed by atoms with E-state index in [0.717, 1.165) is 6.42 Å². The number of hydrogen-bond donors (Lipinski definition) is 3. The number of nitrogens with one attached hydrogen (secondary N) is 2. The van der Waals surface area contributed by atoms with Crippen molar-refractivity contribution in [1.82, 2.24) is 5.32 Å². The Morgan fingerprint density at radius 2 is 2.00 bits per heavy atom. The number of carbonyl (C=O) groups excluding carboxylic acids is 2. The van der Waals surface area contributed by atoms with Gasteiger partial charge in [0.2, 0.25) is 5.91 Å². The molecule has 98 valence electrons. The van der Waals surface area contributed by atoms with Crippen LogP contribution in [-0.2, 0) is 4.79 Å². The fourth-order valence-electron chi connectivity index (χ4n) is 1.47. The number of benzene rings is 1. The van der Waals surface area contributed by atoms with Gasteiger partial charge >= 0.3 is 0 Å². The van der Waals surface area contributed by atoms with Gasteiger partial charge in [0.05, 0.1) is 11.3 Å². The van der Waals surface area contributed by atoms with Crippen LogP contribution in [0.4, 0.5) is 5.69 Å². The highest BCUT2D eigenvalue weighted by molar-refractivity contribution is 6.03. The van der Waals surface area contributed by atoms with E-state index >= 15 is 0 Å². The second-order valence-corrected chi connectivity index (χ2v) is 3.89. The normalized spacial score (nSPS) is 9.89. The van der Waals surface area contributed by atoms with Gasteiger partial charge in [0.1, 0.15) is 0 Å². The molecule has 18 heavy (non-hydrogen) atoms. The molecule has 0 saturated heterocycles. The van der Waals surface area contributed by atoms with Gasteiger partial charge in [0.15, 0.2) is 0 Å². The predicted molar refractivity (Wildman–Crippen MR) is 71.4 cm³/mol. The van der Waals surface area contributed by atoms with Crippen LogP contribution in [0.3, 0.4) is 0 Å². The van der Waals surface area contributed by atoms with Gasteiger partial charge in [0, 0.05) is 19.5 Å². The van der Waals surface area contributed by atoms with Crippen molar-refractivity contribution in [3.63, 3.8) is 0 Å². The molecule has 0 aromatic heterocycles. The zero-order chi connectivity index (χ0) is 13.4. The van der Waals surface area contributed by atoms with Crippen LogP contribution < -0.4 is 16.4 Å². The van der Waals surface area contributed by atoms with Crippen molar-refractivity contribution in [3.05, 3.63) is 29.8 Å². The number of rotatable bonds is 6. The summed E-state index contributed by atoms with van der Waals surface area (Å²) in [6.45, 7) is 2.88. The number of anilines is 1. The molecule has 0 fully saturated rings. The highest BCUT2D eigenvalue weighted by Gasteiger charge is 2.11. The van der Waals surface area contributed by atoms with Crippen LogP contribution in [-0.4, -0.2) is 24.9 Å². The van der Waals surface area contributed by atoms with E-state index in [-0.39, 0.29) is 24.8 Å². The van der Waals surface area contributed by atoms with E-state index in [1.54, 1.807) is 24.3 Å². The van der Waals surface area contributed by atoms with Gasteiger partial charge in [-0.15, -0.1) is 0 Å². The average Bonchev–Trinajstić information content (AvgIpc) is 2.37. The molecule has 0 heterocycles. The average molecular weight is 249 g/mol. The van der Waals surface area contributed by atoms with Crippen molar-refractivity contribution in [3.8, 4) is 0 Å². The number of para-hydroxylation sites is 1. The summed E-state index contributed by atoms with van der Waals surface area (Å²) in [7, 11) is 0. The Balaban J connectivity index is 2.79. The summed E-state index contributed by atoms with van der Waals surface area (Å²) < 4.78 is 0. The Hall–Kier alpha value is -1.88. The van der Waals surface area contributed by atoms with Gasteiger partial charge in [-0.3, -0.25) is 9.59 Å². The lowest BCUT2D eigenvalue weighted by molar-refractivity contribution is -0.116. The third-order valence-corrected chi connectivity index (χ3v) is 2.35. The zero-order valence-corrected chi connectivity index (χ0v) is 10.5. The first-order valence-electron chi connectivity index (χ1n) is 6.06. The Labute approximate surface area is 107 Å². The number of hydrogen-bond acceptors (Lipinski definition) is 3. The maximum absolute atomic E-state index is 11.9. The number of nitrogens with two attached hydrogens (primary N) is 1. The molecule has 0 bridgehead atoms. The second kappa shape index (κ2) is 7.45.